The third kappa shape index (κ3) is 6.41. The van der Waals surface area contributed by atoms with Crippen LogP contribution in [0.25, 0.3) is 0 Å². The zero-order valence-corrected chi connectivity index (χ0v) is 22.5. The predicted molar refractivity (Wildman–Crippen MR) is 126 cm³/mol. The highest BCUT2D eigenvalue weighted by Gasteiger charge is 2.34. The molecular formula is C17H9F4I3O7S. The summed E-state index contributed by atoms with van der Waals surface area (Å²) < 4.78 is 97.3. The topological polar surface area (TPSA) is 107 Å². The van der Waals surface area contributed by atoms with Gasteiger partial charge in [-0.3, -0.25) is 9.35 Å². The maximum Gasteiger partial charge on any atom is 0.339 e. The van der Waals surface area contributed by atoms with Gasteiger partial charge in [-0.2, -0.15) is 17.2 Å². The van der Waals surface area contributed by atoms with Crippen LogP contribution >= 0.6 is 67.8 Å². The summed E-state index contributed by atoms with van der Waals surface area (Å²) in [5.41, 5.74) is 0.304. The first-order valence-electron chi connectivity index (χ1n) is 8.11. The minimum atomic E-state index is -5.63. The SMILES string of the molecule is O=C(CCCOC(=O)c1cc(I)cc(I)c1I)Oc1c(F)c(F)c(S(=O)(=O)O)c(F)c1F. The number of halogens is 7. The molecule has 7 nitrogen and oxygen atoms in total. The summed E-state index contributed by atoms with van der Waals surface area (Å²) in [4.78, 5) is 21.7. The standard InChI is InChI=1S/C17H9F4I3O7S/c18-10-12(20)16(32(27,28)29)13(21)11(19)15(10)31-9(25)2-1-3-30-17(26)7-4-6(22)5-8(23)14(7)24/h4-5H,1-3H2,(H,27,28,29). The fourth-order valence-corrected chi connectivity index (χ4v) is 5.24. The third-order valence-corrected chi connectivity index (χ3v) is 8.17. The molecule has 0 aliphatic heterocycles. The van der Waals surface area contributed by atoms with E-state index in [1.807, 2.05) is 73.8 Å². The molecule has 2 aromatic carbocycles. The van der Waals surface area contributed by atoms with Gasteiger partial charge in [-0.15, -0.1) is 0 Å². The van der Waals surface area contributed by atoms with E-state index < -0.39 is 62.4 Å². The minimum absolute atomic E-state index is 0.153. The van der Waals surface area contributed by atoms with Gasteiger partial charge in [0.2, 0.25) is 17.4 Å². The van der Waals surface area contributed by atoms with Crippen molar-refractivity contribution >= 4 is 89.8 Å². The van der Waals surface area contributed by atoms with Crippen LogP contribution in [0.1, 0.15) is 23.2 Å². The number of hydrogen-bond acceptors (Lipinski definition) is 6. The lowest BCUT2D eigenvalue weighted by molar-refractivity contribution is -0.135. The summed E-state index contributed by atoms with van der Waals surface area (Å²) in [6.07, 6.45) is -0.712. The van der Waals surface area contributed by atoms with Crippen LogP contribution in [0.5, 0.6) is 5.75 Å². The Kier molecular flexibility index (Phi) is 9.51. The summed E-state index contributed by atoms with van der Waals surface area (Å²) in [6, 6.07) is 3.45. The molecule has 0 bridgehead atoms. The van der Waals surface area contributed by atoms with Crippen molar-refractivity contribution in [2.24, 2.45) is 0 Å². The summed E-state index contributed by atoms with van der Waals surface area (Å²) in [6.45, 7) is -0.276. The van der Waals surface area contributed by atoms with Gasteiger partial charge in [0.05, 0.1) is 12.2 Å². The monoisotopic (exact) mass is 814 g/mol. The Hall–Kier alpha value is -0.800. The Morgan fingerprint density at radius 1 is 0.969 bits per heavy atom. The zero-order chi connectivity index (χ0) is 24.4. The van der Waals surface area contributed by atoms with E-state index in [2.05, 4.69) is 4.74 Å². The van der Waals surface area contributed by atoms with Crippen LogP contribution in [-0.2, 0) is 19.6 Å². The van der Waals surface area contributed by atoms with Gasteiger partial charge in [0, 0.05) is 17.1 Å². The van der Waals surface area contributed by atoms with Crippen molar-refractivity contribution in [3.63, 3.8) is 0 Å². The lowest BCUT2D eigenvalue weighted by atomic mass is 10.2. The first-order valence-corrected chi connectivity index (χ1v) is 12.8. The van der Waals surface area contributed by atoms with Crippen molar-refractivity contribution in [3.05, 3.63) is 51.7 Å². The molecule has 1 N–H and O–H groups in total. The van der Waals surface area contributed by atoms with Gasteiger partial charge in [0.25, 0.3) is 0 Å². The van der Waals surface area contributed by atoms with Gasteiger partial charge in [-0.1, -0.05) is 0 Å². The van der Waals surface area contributed by atoms with Crippen molar-refractivity contribution < 1.29 is 49.6 Å². The van der Waals surface area contributed by atoms with Crippen LogP contribution in [0.3, 0.4) is 0 Å². The lowest BCUT2D eigenvalue weighted by Crippen LogP contribution is -2.16. The quantitative estimate of drug-likeness (QED) is 0.0812. The molecule has 2 rings (SSSR count). The molecule has 0 aromatic heterocycles. The largest absolute Gasteiger partial charge is 0.462 e. The Bertz CT molecular complexity index is 1180. The molecule has 0 saturated heterocycles. The van der Waals surface area contributed by atoms with Crippen molar-refractivity contribution in [3.8, 4) is 5.75 Å². The smallest absolute Gasteiger partial charge is 0.339 e. The summed E-state index contributed by atoms with van der Waals surface area (Å²) in [5.74, 6) is -13.4. The summed E-state index contributed by atoms with van der Waals surface area (Å²) in [7, 11) is -5.63. The van der Waals surface area contributed by atoms with Crippen LogP contribution in [0.4, 0.5) is 17.6 Å². The van der Waals surface area contributed by atoms with Gasteiger partial charge in [-0.05, 0) is 86.3 Å². The Morgan fingerprint density at radius 3 is 2.06 bits per heavy atom. The molecule has 0 fully saturated rings. The molecule has 0 spiro atoms. The van der Waals surface area contributed by atoms with Crippen molar-refractivity contribution in [2.75, 3.05) is 6.61 Å². The predicted octanol–water partition coefficient (Wildman–Crippen LogP) is 4.85. The maximum absolute atomic E-state index is 13.9. The molecule has 0 radical (unpaired) electrons. The third-order valence-electron chi connectivity index (χ3n) is 3.63. The number of esters is 2. The lowest BCUT2D eigenvalue weighted by Gasteiger charge is -2.11. The highest BCUT2D eigenvalue weighted by Crippen LogP contribution is 2.32. The number of ether oxygens (including phenoxy) is 2. The van der Waals surface area contributed by atoms with E-state index in [-0.39, 0.29) is 13.0 Å². The number of carbonyl (C=O) groups excluding carboxylic acids is 2. The zero-order valence-electron chi connectivity index (χ0n) is 15.2. The molecule has 174 valence electrons. The second-order valence-corrected chi connectivity index (χ2v) is 10.7. The molecule has 0 heterocycles. The molecule has 0 aliphatic carbocycles. The number of rotatable bonds is 7. The summed E-state index contributed by atoms with van der Waals surface area (Å²) >= 11 is 6.04. The number of carbonyl (C=O) groups is 2. The van der Waals surface area contributed by atoms with Crippen molar-refractivity contribution in [2.45, 2.75) is 17.7 Å². The highest BCUT2D eigenvalue weighted by atomic mass is 127. The van der Waals surface area contributed by atoms with Crippen molar-refractivity contribution in [1.82, 2.24) is 0 Å². The fraction of sp³-hybridized carbons (Fsp3) is 0.176. The first-order chi connectivity index (χ1) is 14.8. The van der Waals surface area contributed by atoms with Gasteiger partial charge < -0.3 is 9.47 Å². The van der Waals surface area contributed by atoms with E-state index >= 15 is 0 Å². The molecule has 15 heteroatoms. The van der Waals surface area contributed by atoms with E-state index in [1.165, 1.54) is 0 Å². The molecule has 0 atom stereocenters. The normalized spacial score (nSPS) is 11.4. The molecule has 0 unspecified atom stereocenters. The number of hydrogen-bond donors (Lipinski definition) is 1. The maximum atomic E-state index is 13.9. The van der Waals surface area contributed by atoms with Gasteiger partial charge >= 0.3 is 22.1 Å². The average molecular weight is 814 g/mol. The van der Waals surface area contributed by atoms with Gasteiger partial charge in [-0.25, -0.2) is 13.6 Å². The Morgan fingerprint density at radius 2 is 1.53 bits per heavy atom. The fourth-order valence-electron chi connectivity index (χ4n) is 2.24. The average Bonchev–Trinajstić information content (AvgIpc) is 2.68. The van der Waals surface area contributed by atoms with E-state index in [0.717, 1.165) is 7.14 Å². The molecule has 0 amide bonds. The summed E-state index contributed by atoms with van der Waals surface area (Å²) in [5, 5.41) is 0. The molecule has 32 heavy (non-hydrogen) atoms. The first kappa shape index (κ1) is 27.4. The molecule has 2 aromatic rings. The number of benzene rings is 2. The Balaban J connectivity index is 2.02. The van der Waals surface area contributed by atoms with Crippen LogP contribution in [0.15, 0.2) is 17.0 Å². The van der Waals surface area contributed by atoms with Crippen LogP contribution < -0.4 is 4.74 Å². The van der Waals surface area contributed by atoms with Crippen LogP contribution in [0, 0.1) is 34.0 Å². The second kappa shape index (κ2) is 11.1. The molecule has 0 saturated carbocycles. The second-order valence-electron chi connectivity index (χ2n) is 5.85. The van der Waals surface area contributed by atoms with Gasteiger partial charge in [0.1, 0.15) is 0 Å². The van der Waals surface area contributed by atoms with Crippen molar-refractivity contribution in [1.29, 1.82) is 0 Å². The van der Waals surface area contributed by atoms with E-state index in [0.29, 0.717) is 9.13 Å². The van der Waals surface area contributed by atoms with Crippen LogP contribution in [-0.4, -0.2) is 31.5 Å². The molecular weight excluding hydrogens is 805 g/mol. The molecule has 0 aliphatic rings. The van der Waals surface area contributed by atoms with Gasteiger partial charge in [0.15, 0.2) is 16.5 Å². The van der Waals surface area contributed by atoms with E-state index in [4.69, 9.17) is 9.29 Å². The highest BCUT2D eigenvalue weighted by molar-refractivity contribution is 14.1. The van der Waals surface area contributed by atoms with E-state index in [9.17, 15) is 35.6 Å². The Labute approximate surface area is 219 Å². The van der Waals surface area contributed by atoms with Crippen LogP contribution in [0.2, 0.25) is 0 Å². The minimum Gasteiger partial charge on any atom is -0.462 e. The van der Waals surface area contributed by atoms with E-state index in [1.54, 1.807) is 6.07 Å².